The van der Waals surface area contributed by atoms with Gasteiger partial charge >= 0.3 is 0 Å². The van der Waals surface area contributed by atoms with E-state index in [4.69, 9.17) is 4.98 Å². The second-order valence-corrected chi connectivity index (χ2v) is 5.21. The largest absolute Gasteiger partial charge is 0.354 e. The fraction of sp³-hybridized carbons (Fsp3) is 0.375. The average Bonchev–Trinajstić information content (AvgIpc) is 2.75. The third kappa shape index (κ3) is 2.33. The molecule has 102 valence electrons. The van der Waals surface area contributed by atoms with Gasteiger partial charge in [-0.1, -0.05) is 18.2 Å². The van der Waals surface area contributed by atoms with Crippen LogP contribution in [-0.2, 0) is 0 Å². The average molecular weight is 266 g/mol. The van der Waals surface area contributed by atoms with E-state index < -0.39 is 0 Å². The van der Waals surface area contributed by atoms with Gasteiger partial charge in [0.05, 0.1) is 11.1 Å². The van der Waals surface area contributed by atoms with Gasteiger partial charge in [-0.3, -0.25) is 0 Å². The molecule has 0 atom stereocenters. The Morgan fingerprint density at radius 1 is 1.30 bits per heavy atom. The molecule has 1 fully saturated rings. The molecule has 0 spiro atoms. The summed E-state index contributed by atoms with van der Waals surface area (Å²) in [5.74, 6) is 0.831. The summed E-state index contributed by atoms with van der Waals surface area (Å²) < 4.78 is 0. The van der Waals surface area contributed by atoms with Crippen molar-refractivity contribution in [3.8, 4) is 6.07 Å². The number of anilines is 1. The number of para-hydroxylation sites is 1. The quantitative estimate of drug-likeness (QED) is 0.860. The van der Waals surface area contributed by atoms with Crippen LogP contribution in [0.15, 0.2) is 24.3 Å². The summed E-state index contributed by atoms with van der Waals surface area (Å²) in [6.45, 7) is 5.89. The Balaban J connectivity index is 2.13. The molecule has 0 radical (unpaired) electrons. The maximum Gasteiger partial charge on any atom is 0.147 e. The molecular weight excluding hydrogens is 248 g/mol. The Kier molecular flexibility index (Phi) is 3.53. The van der Waals surface area contributed by atoms with Crippen LogP contribution in [0.2, 0.25) is 0 Å². The lowest BCUT2D eigenvalue weighted by molar-refractivity contribution is 0.724. The van der Waals surface area contributed by atoms with Gasteiger partial charge in [0.2, 0.25) is 0 Å². The molecule has 1 N–H and O–H groups in total. The number of rotatable bonds is 1. The molecule has 2 aromatic rings. The Bertz CT molecular complexity index is 664. The summed E-state index contributed by atoms with van der Waals surface area (Å²) in [4.78, 5) is 7.01. The first-order valence-corrected chi connectivity index (χ1v) is 7.06. The molecule has 1 aliphatic heterocycles. The van der Waals surface area contributed by atoms with Gasteiger partial charge in [0.15, 0.2) is 0 Å². The van der Waals surface area contributed by atoms with Gasteiger partial charge in [-0.2, -0.15) is 5.26 Å². The van der Waals surface area contributed by atoms with Crippen molar-refractivity contribution in [2.75, 3.05) is 31.1 Å². The van der Waals surface area contributed by atoms with E-state index in [1.54, 1.807) is 0 Å². The van der Waals surface area contributed by atoms with Crippen molar-refractivity contribution in [1.82, 2.24) is 10.3 Å². The highest BCUT2D eigenvalue weighted by Gasteiger charge is 2.16. The second kappa shape index (κ2) is 5.48. The monoisotopic (exact) mass is 266 g/mol. The number of benzene rings is 1. The van der Waals surface area contributed by atoms with Crippen molar-refractivity contribution in [2.45, 2.75) is 13.3 Å². The smallest absolute Gasteiger partial charge is 0.147 e. The molecule has 0 amide bonds. The van der Waals surface area contributed by atoms with E-state index in [0.29, 0.717) is 5.56 Å². The third-order valence-electron chi connectivity index (χ3n) is 3.79. The highest BCUT2D eigenvalue weighted by molar-refractivity contribution is 5.85. The molecule has 0 unspecified atom stereocenters. The Morgan fingerprint density at radius 3 is 3.05 bits per heavy atom. The van der Waals surface area contributed by atoms with Gasteiger partial charge in [0, 0.05) is 25.0 Å². The van der Waals surface area contributed by atoms with Crippen molar-refractivity contribution >= 4 is 16.7 Å². The number of hydrogen-bond donors (Lipinski definition) is 1. The van der Waals surface area contributed by atoms with Crippen LogP contribution in [0.25, 0.3) is 10.9 Å². The predicted octanol–water partition coefficient (Wildman–Crippen LogP) is 2.21. The van der Waals surface area contributed by atoms with Crippen LogP contribution in [0, 0.1) is 18.3 Å². The second-order valence-electron chi connectivity index (χ2n) is 5.21. The zero-order valence-electron chi connectivity index (χ0n) is 11.7. The number of aromatic nitrogens is 1. The number of nitrogens with zero attached hydrogens (tertiary/aromatic N) is 3. The van der Waals surface area contributed by atoms with E-state index in [1.165, 1.54) is 0 Å². The lowest BCUT2D eigenvalue weighted by Crippen LogP contribution is -2.29. The summed E-state index contributed by atoms with van der Waals surface area (Å²) in [6, 6.07) is 10.4. The molecule has 1 aromatic carbocycles. The summed E-state index contributed by atoms with van der Waals surface area (Å²) in [6.07, 6.45) is 1.08. The minimum atomic E-state index is 0.671. The van der Waals surface area contributed by atoms with E-state index in [-0.39, 0.29) is 0 Å². The van der Waals surface area contributed by atoms with Crippen LogP contribution in [0.4, 0.5) is 5.82 Å². The van der Waals surface area contributed by atoms with Crippen molar-refractivity contribution in [1.29, 1.82) is 5.26 Å². The van der Waals surface area contributed by atoms with Gasteiger partial charge < -0.3 is 10.2 Å². The predicted molar refractivity (Wildman–Crippen MR) is 80.9 cm³/mol. The molecule has 3 rings (SSSR count). The molecule has 20 heavy (non-hydrogen) atoms. The van der Waals surface area contributed by atoms with Gasteiger partial charge in [0.1, 0.15) is 11.9 Å². The fourth-order valence-electron chi connectivity index (χ4n) is 2.72. The number of aryl methyl sites for hydroxylation is 1. The van der Waals surface area contributed by atoms with Crippen LogP contribution in [0.5, 0.6) is 0 Å². The summed E-state index contributed by atoms with van der Waals surface area (Å²) in [5.41, 5.74) is 2.82. The van der Waals surface area contributed by atoms with Crippen LogP contribution in [0.1, 0.15) is 17.5 Å². The Hall–Kier alpha value is -2.12. The number of fused-ring (bicyclic) bond motifs is 1. The van der Waals surface area contributed by atoms with Crippen LogP contribution >= 0.6 is 0 Å². The molecule has 4 nitrogen and oxygen atoms in total. The zero-order chi connectivity index (χ0) is 13.9. The van der Waals surface area contributed by atoms with Gasteiger partial charge in [-0.05, 0) is 31.5 Å². The number of nitrogens with one attached hydrogen (secondary N) is 1. The first kappa shape index (κ1) is 12.9. The van der Waals surface area contributed by atoms with Crippen LogP contribution < -0.4 is 10.2 Å². The molecular formula is C16H18N4. The molecule has 1 aromatic heterocycles. The van der Waals surface area contributed by atoms with E-state index in [1.807, 2.05) is 18.2 Å². The molecule has 0 aliphatic carbocycles. The van der Waals surface area contributed by atoms with E-state index >= 15 is 0 Å². The minimum absolute atomic E-state index is 0.671. The highest BCUT2D eigenvalue weighted by Crippen LogP contribution is 2.25. The number of nitriles is 1. The molecule has 0 bridgehead atoms. The standard InChI is InChI=1S/C16H18N4/c1-12-4-2-5-13-10-14(11-17)16(19-15(12)13)20-8-3-6-18-7-9-20/h2,4-5,10,18H,3,6-9H2,1H3. The van der Waals surface area contributed by atoms with Crippen LogP contribution in [-0.4, -0.2) is 31.2 Å². The highest BCUT2D eigenvalue weighted by atomic mass is 15.2. The minimum Gasteiger partial charge on any atom is -0.354 e. The van der Waals surface area contributed by atoms with E-state index in [9.17, 15) is 5.26 Å². The maximum absolute atomic E-state index is 9.42. The molecule has 1 saturated heterocycles. The maximum atomic E-state index is 9.42. The molecule has 2 heterocycles. The SMILES string of the molecule is Cc1cccc2cc(C#N)c(N3CCCNCC3)nc12. The van der Waals surface area contributed by atoms with Gasteiger partial charge in [0.25, 0.3) is 0 Å². The van der Waals surface area contributed by atoms with Crippen molar-refractivity contribution in [3.05, 3.63) is 35.4 Å². The number of hydrogen-bond acceptors (Lipinski definition) is 4. The third-order valence-corrected chi connectivity index (χ3v) is 3.79. The summed E-state index contributed by atoms with van der Waals surface area (Å²) in [7, 11) is 0. The van der Waals surface area contributed by atoms with Gasteiger partial charge in [-0.25, -0.2) is 4.98 Å². The van der Waals surface area contributed by atoms with Crippen LogP contribution in [0.3, 0.4) is 0 Å². The van der Waals surface area contributed by atoms with Crippen molar-refractivity contribution in [3.63, 3.8) is 0 Å². The van der Waals surface area contributed by atoms with E-state index in [0.717, 1.165) is 54.9 Å². The lowest BCUT2D eigenvalue weighted by Gasteiger charge is -2.22. The normalized spacial score (nSPS) is 15.9. The first-order valence-electron chi connectivity index (χ1n) is 7.06. The topological polar surface area (TPSA) is 52.0 Å². The fourth-order valence-corrected chi connectivity index (χ4v) is 2.72. The lowest BCUT2D eigenvalue weighted by atomic mass is 10.1. The van der Waals surface area contributed by atoms with E-state index in [2.05, 4.69) is 29.3 Å². The van der Waals surface area contributed by atoms with Crippen molar-refractivity contribution in [2.24, 2.45) is 0 Å². The van der Waals surface area contributed by atoms with Crippen molar-refractivity contribution < 1.29 is 0 Å². The van der Waals surface area contributed by atoms with Gasteiger partial charge in [-0.15, -0.1) is 0 Å². The zero-order valence-corrected chi connectivity index (χ0v) is 11.7. The summed E-state index contributed by atoms with van der Waals surface area (Å²) in [5, 5.41) is 13.8. The molecule has 1 aliphatic rings. The summed E-state index contributed by atoms with van der Waals surface area (Å²) >= 11 is 0. The Morgan fingerprint density at radius 2 is 2.20 bits per heavy atom. The Labute approximate surface area is 119 Å². The molecule has 0 saturated carbocycles. The number of pyridine rings is 1. The molecule has 4 heteroatoms. The first-order chi connectivity index (χ1) is 9.79.